The number of nitrogens with two attached hydrogens (primary N) is 1. The van der Waals surface area contributed by atoms with Crippen LogP contribution in [0.4, 0.5) is 0 Å². The first-order chi connectivity index (χ1) is 24.3. The Hall–Kier alpha value is -4.52. The lowest BCUT2D eigenvalue weighted by Gasteiger charge is -2.30. The second kappa shape index (κ2) is 20.2. The molecule has 0 radical (unpaired) electrons. The molecule has 0 spiro atoms. The monoisotopic (exact) mass is 687 g/mol. The van der Waals surface area contributed by atoms with Crippen molar-refractivity contribution in [1.29, 1.82) is 0 Å². The van der Waals surface area contributed by atoms with E-state index in [-0.39, 0.29) is 69.4 Å². The van der Waals surface area contributed by atoms with Gasteiger partial charge < -0.3 is 40.5 Å². The fourth-order valence-corrected chi connectivity index (χ4v) is 5.99. The third kappa shape index (κ3) is 11.3. The lowest BCUT2D eigenvalue weighted by molar-refractivity contribution is -0.145. The minimum Gasteiger partial charge on any atom is -0.383 e. The lowest BCUT2D eigenvalue weighted by Crippen LogP contribution is -2.50. The summed E-state index contributed by atoms with van der Waals surface area (Å²) in [6, 6.07) is 15.9. The van der Waals surface area contributed by atoms with Crippen molar-refractivity contribution in [2.45, 2.75) is 45.4 Å². The minimum atomic E-state index is -0.337. The molecule has 2 heterocycles. The molecule has 12 nitrogen and oxygen atoms in total. The molecule has 50 heavy (non-hydrogen) atoms. The van der Waals surface area contributed by atoms with Gasteiger partial charge in [0.05, 0.1) is 32.8 Å². The fraction of sp³-hybridized carbons (Fsp3) is 0.474. The third-order valence-corrected chi connectivity index (χ3v) is 8.94. The van der Waals surface area contributed by atoms with Crippen molar-refractivity contribution >= 4 is 45.3 Å². The maximum Gasteiger partial charge on any atom is 0.242 e. The Bertz CT molecular complexity index is 1680. The molecule has 3 amide bonds. The number of carbonyl (C=O) groups excluding carboxylic acids is 4. The molecule has 0 fully saturated rings. The van der Waals surface area contributed by atoms with Gasteiger partial charge >= 0.3 is 0 Å². The molecule has 0 bridgehead atoms. The minimum absolute atomic E-state index is 0.0239. The highest BCUT2D eigenvalue weighted by atomic mass is 16.5. The molecule has 0 saturated carbocycles. The van der Waals surface area contributed by atoms with Crippen LogP contribution >= 0.6 is 0 Å². The Balaban J connectivity index is 1.54. The maximum absolute atomic E-state index is 14.2. The first-order valence-electron chi connectivity index (χ1n) is 17.7. The third-order valence-electron chi connectivity index (χ3n) is 8.94. The van der Waals surface area contributed by atoms with Crippen LogP contribution in [0, 0.1) is 0 Å². The van der Waals surface area contributed by atoms with E-state index in [4.69, 9.17) is 10.5 Å². The van der Waals surface area contributed by atoms with Crippen LogP contribution in [0.15, 0.2) is 60.9 Å². The van der Waals surface area contributed by atoms with E-state index in [1.807, 2.05) is 67.8 Å². The largest absolute Gasteiger partial charge is 0.383 e. The number of aromatic nitrogens is 2. The fourth-order valence-electron chi connectivity index (χ4n) is 5.99. The number of ether oxygens (including phenoxy) is 1. The quantitative estimate of drug-likeness (QED) is 0.0873. The smallest absolute Gasteiger partial charge is 0.242 e. The predicted molar refractivity (Wildman–Crippen MR) is 197 cm³/mol. The van der Waals surface area contributed by atoms with Crippen molar-refractivity contribution in [3.8, 4) is 0 Å². The van der Waals surface area contributed by atoms with Crippen LogP contribution in [0.25, 0.3) is 21.8 Å². The number of ketones is 1. The number of hydrogen-bond donors (Lipinski definition) is 4. The summed E-state index contributed by atoms with van der Waals surface area (Å²) >= 11 is 0. The van der Waals surface area contributed by atoms with E-state index in [1.54, 1.807) is 12.0 Å². The summed E-state index contributed by atoms with van der Waals surface area (Å²) in [6.45, 7) is 3.83. The van der Waals surface area contributed by atoms with Crippen molar-refractivity contribution in [2.24, 2.45) is 5.73 Å². The molecule has 4 aromatic rings. The number of methoxy groups -OCH3 is 1. The number of rotatable bonds is 23. The van der Waals surface area contributed by atoms with Crippen LogP contribution in [0.1, 0.15) is 43.7 Å². The van der Waals surface area contributed by atoms with E-state index in [0.29, 0.717) is 38.9 Å². The second-order valence-corrected chi connectivity index (χ2v) is 12.6. The SMILES string of the molecule is CCCCC(=O)CN(CCOC)C(=O)CN(CCc1c[nH]c2ccccc12)C(=O)CN(CCc1c[nH]c2ccccc12)C(=O)CNCCCN. The molecule has 0 saturated heterocycles. The molecule has 0 aliphatic carbocycles. The van der Waals surface area contributed by atoms with Gasteiger partial charge in [-0.25, -0.2) is 0 Å². The van der Waals surface area contributed by atoms with E-state index in [1.165, 1.54) is 9.80 Å². The zero-order valence-corrected chi connectivity index (χ0v) is 29.5. The standard InChI is InChI=1S/C38H53N7O5/c1-3-4-10-31(46)26-45(21-22-50-2)38(49)28-44(20-16-30-24-42-35-14-8-6-12-33(30)35)37(48)27-43(36(47)25-40-18-9-17-39)19-15-29-23-41-34-13-7-5-11-32(29)34/h5-8,11-14,23-24,40-42H,3-4,9-10,15-22,25-28,39H2,1-2H3. The van der Waals surface area contributed by atoms with Gasteiger partial charge in [-0.3, -0.25) is 19.2 Å². The maximum atomic E-state index is 14.2. The Morgan fingerprint density at radius 2 is 1.28 bits per heavy atom. The topological polar surface area (TPSA) is 157 Å². The number of para-hydroxylation sites is 2. The van der Waals surface area contributed by atoms with Gasteiger partial charge in [-0.2, -0.15) is 0 Å². The van der Waals surface area contributed by atoms with Crippen LogP contribution in [0.2, 0.25) is 0 Å². The van der Waals surface area contributed by atoms with Gasteiger partial charge in [-0.05, 0) is 62.0 Å². The lowest BCUT2D eigenvalue weighted by atomic mass is 10.1. The average Bonchev–Trinajstić information content (AvgIpc) is 3.74. The first-order valence-corrected chi connectivity index (χ1v) is 17.7. The molecular formula is C38H53N7O5. The predicted octanol–water partition coefficient (Wildman–Crippen LogP) is 3.26. The van der Waals surface area contributed by atoms with E-state index >= 15 is 0 Å². The molecule has 270 valence electrons. The molecule has 2 aromatic carbocycles. The van der Waals surface area contributed by atoms with Crippen molar-refractivity contribution in [3.05, 3.63) is 72.1 Å². The van der Waals surface area contributed by atoms with Gasteiger partial charge in [0, 0.05) is 67.4 Å². The van der Waals surface area contributed by atoms with E-state index in [2.05, 4.69) is 15.3 Å². The number of nitrogens with zero attached hydrogens (tertiary/aromatic N) is 3. The Labute approximate surface area is 294 Å². The number of Topliss-reactive ketones (excluding diaryl/α,β-unsaturated/α-hetero) is 1. The van der Waals surface area contributed by atoms with E-state index < -0.39 is 0 Å². The van der Waals surface area contributed by atoms with Crippen LogP contribution in [-0.2, 0) is 36.8 Å². The average molecular weight is 688 g/mol. The van der Waals surface area contributed by atoms with Crippen LogP contribution in [-0.4, -0.2) is 121 Å². The molecule has 0 atom stereocenters. The summed E-state index contributed by atoms with van der Waals surface area (Å²) in [6.07, 6.45) is 7.67. The number of carbonyl (C=O) groups is 4. The van der Waals surface area contributed by atoms with E-state index in [0.717, 1.165) is 52.2 Å². The van der Waals surface area contributed by atoms with Crippen LogP contribution in [0.5, 0.6) is 0 Å². The number of aromatic amines is 2. The van der Waals surface area contributed by atoms with Gasteiger partial charge in [-0.15, -0.1) is 0 Å². The summed E-state index contributed by atoms with van der Waals surface area (Å²) in [7, 11) is 1.55. The summed E-state index contributed by atoms with van der Waals surface area (Å²) in [5.41, 5.74) is 9.70. The Kier molecular flexibility index (Phi) is 15.5. The molecule has 5 N–H and O–H groups in total. The highest BCUT2D eigenvalue weighted by Crippen LogP contribution is 2.20. The highest BCUT2D eigenvalue weighted by molar-refractivity contribution is 5.91. The Morgan fingerprint density at radius 3 is 1.82 bits per heavy atom. The summed E-state index contributed by atoms with van der Waals surface area (Å²) in [5, 5.41) is 5.26. The van der Waals surface area contributed by atoms with Crippen molar-refractivity contribution < 1.29 is 23.9 Å². The van der Waals surface area contributed by atoms with Gasteiger partial charge in [0.25, 0.3) is 0 Å². The number of H-pyrrole nitrogens is 2. The number of benzene rings is 2. The molecule has 0 aliphatic rings. The van der Waals surface area contributed by atoms with Crippen molar-refractivity contribution in [1.82, 2.24) is 30.0 Å². The summed E-state index contributed by atoms with van der Waals surface area (Å²) in [5.74, 6) is -0.902. The van der Waals surface area contributed by atoms with Crippen LogP contribution in [0.3, 0.4) is 0 Å². The van der Waals surface area contributed by atoms with Crippen LogP contribution < -0.4 is 11.1 Å². The zero-order chi connectivity index (χ0) is 35.7. The molecule has 4 rings (SSSR count). The molecule has 12 heteroatoms. The number of nitrogens with one attached hydrogen (secondary N) is 3. The van der Waals surface area contributed by atoms with Gasteiger partial charge in [0.2, 0.25) is 17.7 Å². The number of unbranched alkanes of at least 4 members (excludes halogenated alkanes) is 1. The highest BCUT2D eigenvalue weighted by Gasteiger charge is 2.26. The van der Waals surface area contributed by atoms with Crippen molar-refractivity contribution in [2.75, 3.05) is 72.6 Å². The van der Waals surface area contributed by atoms with Crippen molar-refractivity contribution in [3.63, 3.8) is 0 Å². The molecular weight excluding hydrogens is 634 g/mol. The number of fused-ring (bicyclic) bond motifs is 2. The van der Waals surface area contributed by atoms with Gasteiger partial charge in [-0.1, -0.05) is 49.7 Å². The second-order valence-electron chi connectivity index (χ2n) is 12.6. The molecule has 2 aromatic heterocycles. The number of hydrogen-bond acceptors (Lipinski definition) is 7. The Morgan fingerprint density at radius 1 is 0.740 bits per heavy atom. The zero-order valence-electron chi connectivity index (χ0n) is 29.5. The first kappa shape index (κ1) is 38.3. The summed E-state index contributed by atoms with van der Waals surface area (Å²) < 4.78 is 5.24. The normalized spacial score (nSPS) is 11.3. The van der Waals surface area contributed by atoms with Gasteiger partial charge in [0.1, 0.15) is 0 Å². The summed E-state index contributed by atoms with van der Waals surface area (Å²) in [4.78, 5) is 65.4. The number of amides is 3. The molecule has 0 unspecified atom stereocenters. The van der Waals surface area contributed by atoms with Gasteiger partial charge in [0.15, 0.2) is 5.78 Å². The molecule has 0 aliphatic heterocycles. The van der Waals surface area contributed by atoms with E-state index in [9.17, 15) is 19.2 Å².